The number of anilines is 2. The Morgan fingerprint density at radius 1 is 1.53 bits per heavy atom. The van der Waals surface area contributed by atoms with E-state index in [2.05, 4.69) is 41.4 Å². The third kappa shape index (κ3) is 4.68. The van der Waals surface area contributed by atoms with Crippen LogP contribution in [0.4, 0.5) is 10.9 Å². The summed E-state index contributed by atoms with van der Waals surface area (Å²) in [5, 5.41) is 6.40. The average molecular weight is 285 g/mol. The Labute approximate surface area is 118 Å². The molecule has 4 N–H and O–H groups in total. The van der Waals surface area contributed by atoms with Crippen molar-refractivity contribution in [2.24, 2.45) is 0 Å². The fourth-order valence-electron chi connectivity index (χ4n) is 1.47. The van der Waals surface area contributed by atoms with Crippen molar-refractivity contribution in [2.75, 3.05) is 38.2 Å². The molecule has 0 aliphatic rings. The first-order valence-corrected chi connectivity index (χ1v) is 7.19. The number of hydrogen-bond donors (Lipinski definition) is 3. The van der Waals surface area contributed by atoms with E-state index in [9.17, 15) is 4.79 Å². The molecule has 0 radical (unpaired) electrons. The van der Waals surface area contributed by atoms with Gasteiger partial charge in [-0.15, -0.1) is 0 Å². The molecule has 0 aliphatic heterocycles. The number of nitrogens with zero attached hydrogens (tertiary/aromatic N) is 2. The predicted octanol–water partition coefficient (Wildman–Crippen LogP) is 1.23. The van der Waals surface area contributed by atoms with Crippen molar-refractivity contribution in [1.29, 1.82) is 0 Å². The van der Waals surface area contributed by atoms with Crippen LogP contribution in [-0.4, -0.2) is 49.0 Å². The van der Waals surface area contributed by atoms with Gasteiger partial charge in [-0.05, 0) is 33.9 Å². The van der Waals surface area contributed by atoms with Crippen molar-refractivity contribution in [1.82, 2.24) is 15.2 Å². The SMILES string of the molecule is CNc1nc(N)c(C(=O)NCCCN(C)C(C)C)s1. The largest absolute Gasteiger partial charge is 0.382 e. The Kier molecular flexibility index (Phi) is 6.04. The van der Waals surface area contributed by atoms with Gasteiger partial charge in [0.15, 0.2) is 5.13 Å². The van der Waals surface area contributed by atoms with E-state index < -0.39 is 0 Å². The number of carbonyl (C=O) groups is 1. The van der Waals surface area contributed by atoms with Gasteiger partial charge in [-0.3, -0.25) is 4.79 Å². The minimum absolute atomic E-state index is 0.149. The van der Waals surface area contributed by atoms with Crippen molar-refractivity contribution in [2.45, 2.75) is 26.3 Å². The van der Waals surface area contributed by atoms with Gasteiger partial charge < -0.3 is 21.3 Å². The second-order valence-electron chi connectivity index (χ2n) is 4.67. The third-order valence-corrected chi connectivity index (χ3v) is 4.02. The normalized spacial score (nSPS) is 11.1. The van der Waals surface area contributed by atoms with E-state index in [1.54, 1.807) is 7.05 Å². The fourth-order valence-corrected chi connectivity index (χ4v) is 2.22. The smallest absolute Gasteiger partial charge is 0.265 e. The molecule has 0 saturated heterocycles. The lowest BCUT2D eigenvalue weighted by Gasteiger charge is -2.20. The predicted molar refractivity (Wildman–Crippen MR) is 80.8 cm³/mol. The van der Waals surface area contributed by atoms with Crippen LogP contribution in [0.3, 0.4) is 0 Å². The number of rotatable bonds is 7. The Bertz CT molecular complexity index is 418. The number of nitrogens with one attached hydrogen (secondary N) is 2. The number of aromatic nitrogens is 1. The number of nitrogen functional groups attached to an aromatic ring is 1. The summed E-state index contributed by atoms with van der Waals surface area (Å²) in [6.07, 6.45) is 0.915. The second kappa shape index (κ2) is 7.30. The molecule has 0 unspecified atom stereocenters. The van der Waals surface area contributed by atoms with Crippen molar-refractivity contribution >= 4 is 28.2 Å². The molecule has 0 aliphatic carbocycles. The summed E-state index contributed by atoms with van der Waals surface area (Å²) in [6, 6.07) is 0.519. The topological polar surface area (TPSA) is 83.3 Å². The van der Waals surface area contributed by atoms with E-state index in [0.717, 1.165) is 13.0 Å². The Morgan fingerprint density at radius 3 is 2.74 bits per heavy atom. The average Bonchev–Trinajstić information content (AvgIpc) is 2.75. The zero-order valence-corrected chi connectivity index (χ0v) is 12.8. The minimum atomic E-state index is -0.149. The first kappa shape index (κ1) is 15.7. The van der Waals surface area contributed by atoms with Crippen LogP contribution in [0.15, 0.2) is 0 Å². The van der Waals surface area contributed by atoms with Gasteiger partial charge in [-0.25, -0.2) is 4.98 Å². The highest BCUT2D eigenvalue weighted by atomic mass is 32.1. The molecule has 0 atom stereocenters. The van der Waals surface area contributed by atoms with Gasteiger partial charge in [0.05, 0.1) is 0 Å². The van der Waals surface area contributed by atoms with E-state index in [1.165, 1.54) is 11.3 Å². The van der Waals surface area contributed by atoms with Gasteiger partial charge >= 0.3 is 0 Å². The summed E-state index contributed by atoms with van der Waals surface area (Å²) in [5.41, 5.74) is 5.70. The van der Waals surface area contributed by atoms with Gasteiger partial charge in [0.1, 0.15) is 10.7 Å². The molecule has 19 heavy (non-hydrogen) atoms. The molecule has 0 aromatic carbocycles. The summed E-state index contributed by atoms with van der Waals surface area (Å²) in [5.74, 6) is 0.134. The molecule has 1 amide bonds. The summed E-state index contributed by atoms with van der Waals surface area (Å²) in [7, 11) is 3.83. The van der Waals surface area contributed by atoms with Crippen LogP contribution in [0.1, 0.15) is 29.9 Å². The number of hydrogen-bond acceptors (Lipinski definition) is 6. The maximum Gasteiger partial charge on any atom is 0.265 e. The first-order valence-electron chi connectivity index (χ1n) is 6.38. The van der Waals surface area contributed by atoms with Crippen molar-refractivity contribution in [3.8, 4) is 0 Å². The highest BCUT2D eigenvalue weighted by Crippen LogP contribution is 2.24. The van der Waals surface area contributed by atoms with Crippen LogP contribution in [0.5, 0.6) is 0 Å². The van der Waals surface area contributed by atoms with Crippen LogP contribution in [-0.2, 0) is 0 Å². The molecule has 0 saturated carbocycles. The zero-order chi connectivity index (χ0) is 14.4. The maximum atomic E-state index is 11.9. The highest BCUT2D eigenvalue weighted by molar-refractivity contribution is 7.18. The lowest BCUT2D eigenvalue weighted by molar-refractivity contribution is 0.0956. The van der Waals surface area contributed by atoms with E-state index in [1.807, 2.05) is 0 Å². The van der Waals surface area contributed by atoms with E-state index in [4.69, 9.17) is 5.73 Å². The summed E-state index contributed by atoms with van der Waals surface area (Å²) < 4.78 is 0. The molecule has 6 nitrogen and oxygen atoms in total. The zero-order valence-electron chi connectivity index (χ0n) is 12.0. The molecule has 0 bridgehead atoms. The van der Waals surface area contributed by atoms with Crippen LogP contribution < -0.4 is 16.4 Å². The fraction of sp³-hybridized carbons (Fsp3) is 0.667. The number of carbonyl (C=O) groups excluding carboxylic acids is 1. The Balaban J connectivity index is 2.37. The van der Waals surface area contributed by atoms with Gasteiger partial charge in [-0.2, -0.15) is 0 Å². The van der Waals surface area contributed by atoms with E-state index >= 15 is 0 Å². The highest BCUT2D eigenvalue weighted by Gasteiger charge is 2.15. The summed E-state index contributed by atoms with van der Waals surface area (Å²) in [6.45, 7) is 5.89. The quantitative estimate of drug-likeness (QED) is 0.656. The molecular weight excluding hydrogens is 262 g/mol. The van der Waals surface area contributed by atoms with E-state index in [0.29, 0.717) is 22.6 Å². The monoisotopic (exact) mass is 285 g/mol. The van der Waals surface area contributed by atoms with Gasteiger partial charge in [0.25, 0.3) is 5.91 Å². The van der Waals surface area contributed by atoms with Crippen molar-refractivity contribution < 1.29 is 4.79 Å². The van der Waals surface area contributed by atoms with Gasteiger partial charge in [-0.1, -0.05) is 11.3 Å². The molecule has 7 heteroatoms. The standard InChI is InChI=1S/C12H23N5OS/c1-8(2)17(4)7-5-6-15-11(18)9-10(13)16-12(14-3)19-9/h8H,5-7,13H2,1-4H3,(H,14,16)(H,15,18). The van der Waals surface area contributed by atoms with Crippen LogP contribution in [0.2, 0.25) is 0 Å². The van der Waals surface area contributed by atoms with Crippen LogP contribution >= 0.6 is 11.3 Å². The summed E-state index contributed by atoms with van der Waals surface area (Å²) in [4.78, 5) is 18.7. The van der Waals surface area contributed by atoms with E-state index in [-0.39, 0.29) is 11.7 Å². The lowest BCUT2D eigenvalue weighted by Crippen LogP contribution is -2.31. The Morgan fingerprint density at radius 2 is 2.21 bits per heavy atom. The Hall–Kier alpha value is -1.34. The van der Waals surface area contributed by atoms with Crippen LogP contribution in [0.25, 0.3) is 0 Å². The van der Waals surface area contributed by atoms with Crippen molar-refractivity contribution in [3.05, 3.63) is 4.88 Å². The van der Waals surface area contributed by atoms with Crippen LogP contribution in [0, 0.1) is 0 Å². The summed E-state index contributed by atoms with van der Waals surface area (Å²) >= 11 is 1.27. The molecule has 108 valence electrons. The first-order chi connectivity index (χ1) is 8.95. The number of amides is 1. The van der Waals surface area contributed by atoms with Gasteiger partial charge in [0.2, 0.25) is 0 Å². The maximum absolute atomic E-state index is 11.9. The third-order valence-electron chi connectivity index (χ3n) is 2.93. The molecule has 1 aromatic heterocycles. The molecule has 1 rings (SSSR count). The molecule has 1 heterocycles. The second-order valence-corrected chi connectivity index (χ2v) is 5.67. The number of nitrogens with two attached hydrogens (primary N) is 1. The molecule has 0 fully saturated rings. The van der Waals surface area contributed by atoms with Crippen molar-refractivity contribution in [3.63, 3.8) is 0 Å². The van der Waals surface area contributed by atoms with Gasteiger partial charge in [0, 0.05) is 19.6 Å². The number of thiazole rings is 1. The minimum Gasteiger partial charge on any atom is -0.382 e. The lowest BCUT2D eigenvalue weighted by atomic mass is 10.3. The molecule has 0 spiro atoms. The molecular formula is C12H23N5OS. The molecule has 1 aromatic rings.